The van der Waals surface area contributed by atoms with Gasteiger partial charge in [-0.2, -0.15) is 0 Å². The van der Waals surface area contributed by atoms with Crippen molar-refractivity contribution in [2.45, 2.75) is 104 Å². The topological polar surface area (TPSA) is 76.7 Å². The number of carbonyl (C=O) groups is 2. The van der Waals surface area contributed by atoms with E-state index in [4.69, 9.17) is 9.16 Å². The molecule has 0 fully saturated rings. The zero-order valence-corrected chi connectivity index (χ0v) is 41.5. The number of nitrogens with one attached hydrogen (secondary N) is 2. The van der Waals surface area contributed by atoms with Crippen molar-refractivity contribution in [1.29, 1.82) is 0 Å². The summed E-state index contributed by atoms with van der Waals surface area (Å²) in [6.07, 6.45) is -2.59. The number of amides is 2. The molecule has 5 aromatic carbocycles. The third-order valence-corrected chi connectivity index (χ3v) is 25.8. The van der Waals surface area contributed by atoms with E-state index in [1.807, 2.05) is 67.6 Å². The first-order valence-corrected chi connectivity index (χ1v) is 27.7. The van der Waals surface area contributed by atoms with Crippen LogP contribution in [0.3, 0.4) is 0 Å². The van der Waals surface area contributed by atoms with Gasteiger partial charge in [0.15, 0.2) is 0 Å². The Morgan fingerprint density at radius 1 is 0.625 bits per heavy atom. The molecule has 0 radical (unpaired) electrons. The Hall–Kier alpha value is -4.42. The van der Waals surface area contributed by atoms with Crippen LogP contribution in [-0.2, 0) is 20.1 Å². The first-order chi connectivity index (χ1) is 29.7. The van der Waals surface area contributed by atoms with Crippen molar-refractivity contribution in [3.63, 3.8) is 0 Å². The number of ether oxygens (including phenoxy) is 1. The van der Waals surface area contributed by atoms with Crippen molar-refractivity contribution in [2.75, 3.05) is 6.16 Å². The van der Waals surface area contributed by atoms with E-state index >= 15 is 22.4 Å². The molecule has 64 heavy (non-hydrogen) atoms. The molecule has 2 amide bonds. The second-order valence-corrected chi connectivity index (χ2v) is 33.3. The molecule has 344 valence electrons. The summed E-state index contributed by atoms with van der Waals surface area (Å²) in [6, 6.07) is 34.9. The Morgan fingerprint density at radius 3 is 1.39 bits per heavy atom. The molecule has 0 aromatic heterocycles. The zero-order chi connectivity index (χ0) is 47.5. The fourth-order valence-corrected chi connectivity index (χ4v) is 21.3. The number of benzene rings is 5. The SMILES string of the molecule is C[C@@H](O[Si](c1ccccc1)(c1ccccc1)C(C)(C)C)[C@@H](CP(Br)(Cc1c(F)c(F)c(F)c(F)c1F)(c1ccccc1)c1ccccc1)NC(=O)[C@@H](NC(=O)OC(C)(C)C)C(C)(C)C. The molecule has 0 aliphatic rings. The van der Waals surface area contributed by atoms with Crippen LogP contribution in [0.5, 0.6) is 0 Å². The molecule has 5 aromatic rings. The molecule has 6 nitrogen and oxygen atoms in total. The summed E-state index contributed by atoms with van der Waals surface area (Å²) in [5.41, 5.74) is -2.78. The van der Waals surface area contributed by atoms with Crippen molar-refractivity contribution in [3.05, 3.63) is 156 Å². The molecular weight excluding hydrogens is 927 g/mol. The minimum atomic E-state index is -4.59. The molecule has 14 heteroatoms. The minimum absolute atomic E-state index is 0.159. The molecule has 0 unspecified atom stereocenters. The van der Waals surface area contributed by atoms with Gasteiger partial charge in [0.1, 0.15) is 0 Å². The zero-order valence-electron chi connectivity index (χ0n) is 38.0. The first kappa shape index (κ1) is 50.6. The van der Waals surface area contributed by atoms with Gasteiger partial charge in [-0.05, 0) is 0 Å². The van der Waals surface area contributed by atoms with Crippen LogP contribution in [0.2, 0.25) is 5.04 Å². The Morgan fingerprint density at radius 2 is 1.02 bits per heavy atom. The van der Waals surface area contributed by atoms with E-state index in [-0.39, 0.29) is 6.16 Å². The van der Waals surface area contributed by atoms with Gasteiger partial charge in [0, 0.05) is 0 Å². The quantitative estimate of drug-likeness (QED) is 0.0382. The van der Waals surface area contributed by atoms with E-state index in [0.717, 1.165) is 10.4 Å². The summed E-state index contributed by atoms with van der Waals surface area (Å²) in [6.45, 7) is 18.6. The van der Waals surface area contributed by atoms with E-state index in [1.54, 1.807) is 102 Å². The summed E-state index contributed by atoms with van der Waals surface area (Å²) < 4.78 is 90.7. The van der Waals surface area contributed by atoms with Gasteiger partial charge in [0.05, 0.1) is 0 Å². The Labute approximate surface area is 383 Å². The third kappa shape index (κ3) is 10.5. The molecule has 0 bridgehead atoms. The average Bonchev–Trinajstić information content (AvgIpc) is 3.24. The van der Waals surface area contributed by atoms with Gasteiger partial charge < -0.3 is 0 Å². The Bertz CT molecular complexity index is 2310. The summed E-state index contributed by atoms with van der Waals surface area (Å²) >= 11 is 4.17. The average molecular weight is 986 g/mol. The van der Waals surface area contributed by atoms with E-state index in [9.17, 15) is 9.18 Å². The Balaban J connectivity index is 1.84. The number of carbonyl (C=O) groups excluding carboxylic acids is 2. The van der Waals surface area contributed by atoms with Gasteiger partial charge in [-0.1, -0.05) is 0 Å². The van der Waals surface area contributed by atoms with Crippen molar-refractivity contribution in [2.24, 2.45) is 5.41 Å². The van der Waals surface area contributed by atoms with Gasteiger partial charge in [0.25, 0.3) is 0 Å². The summed E-state index contributed by atoms with van der Waals surface area (Å²) in [5.74, 6) is -10.9. The number of halogens is 6. The van der Waals surface area contributed by atoms with E-state index in [0.29, 0.717) is 10.6 Å². The molecule has 0 aliphatic carbocycles. The molecule has 0 saturated heterocycles. The predicted octanol–water partition coefficient (Wildman–Crippen LogP) is 10.8. The predicted molar refractivity (Wildman–Crippen MR) is 256 cm³/mol. The van der Waals surface area contributed by atoms with Crippen molar-refractivity contribution < 1.29 is 40.7 Å². The standard InChI is InChI=1S/C50H59BrF5N2O4PSi/c1-33(62-64(50(8,9)10,36-27-19-13-20-28-36)37-29-21-14-22-30-37)39(57-46(59)45(48(2,3)4)58-47(60)61-49(5,6)7)32-63(51,34-23-15-11-16-24-34,35-25-17-12-18-26-35)31-38-40(52)42(54)44(56)43(55)41(38)53/h11-30,33,39,45H,31-32H2,1-10H3,(H,57,59)(H,58,60)/t33-,39-,45-/m1/s1. The van der Waals surface area contributed by atoms with Gasteiger partial charge in [0.2, 0.25) is 0 Å². The molecular formula is C50H59BrF5N2O4PSi. The van der Waals surface area contributed by atoms with Crippen LogP contribution < -0.4 is 31.6 Å². The number of rotatable bonds is 14. The third-order valence-electron chi connectivity index (χ3n) is 11.5. The van der Waals surface area contributed by atoms with E-state index < -0.39 is 101 Å². The van der Waals surface area contributed by atoms with Crippen molar-refractivity contribution in [1.82, 2.24) is 10.6 Å². The molecule has 0 spiro atoms. The van der Waals surface area contributed by atoms with Gasteiger partial charge in [-0.15, -0.1) is 0 Å². The normalized spacial score (nSPS) is 14.7. The molecule has 0 heterocycles. The Kier molecular flexibility index (Phi) is 15.2. The molecule has 0 saturated carbocycles. The van der Waals surface area contributed by atoms with Crippen LogP contribution in [0.25, 0.3) is 0 Å². The second-order valence-electron chi connectivity index (χ2n) is 19.5. The van der Waals surface area contributed by atoms with Crippen LogP contribution in [0, 0.1) is 34.5 Å². The van der Waals surface area contributed by atoms with Gasteiger partial charge >= 0.3 is 385 Å². The number of hydrogen-bond donors (Lipinski definition) is 2. The monoisotopic (exact) mass is 984 g/mol. The van der Waals surface area contributed by atoms with Crippen LogP contribution in [0.4, 0.5) is 26.7 Å². The fraction of sp³-hybridized carbons (Fsp3) is 0.360. The van der Waals surface area contributed by atoms with Gasteiger partial charge in [-0.25, -0.2) is 0 Å². The number of alkyl carbamates (subject to hydrolysis) is 1. The van der Waals surface area contributed by atoms with Gasteiger partial charge in [-0.3, -0.25) is 0 Å². The fourth-order valence-electron chi connectivity index (χ4n) is 8.41. The van der Waals surface area contributed by atoms with Crippen LogP contribution >= 0.6 is 20.8 Å². The second kappa shape index (κ2) is 19.2. The van der Waals surface area contributed by atoms with E-state index in [2.05, 4.69) is 46.9 Å². The maximum atomic E-state index is 16.2. The van der Waals surface area contributed by atoms with Crippen LogP contribution in [-0.4, -0.2) is 50.3 Å². The summed E-state index contributed by atoms with van der Waals surface area (Å²) in [4.78, 5) is 28.4. The van der Waals surface area contributed by atoms with E-state index in [1.165, 1.54) is 0 Å². The summed E-state index contributed by atoms with van der Waals surface area (Å²) in [5, 5.41) is 3.77. The number of hydrogen-bond acceptors (Lipinski definition) is 4. The molecule has 5 rings (SSSR count). The first-order valence-electron chi connectivity index (χ1n) is 21.2. The maximum absolute atomic E-state index is 16.2. The van der Waals surface area contributed by atoms with Crippen molar-refractivity contribution >= 4 is 62.1 Å². The molecule has 0 aliphatic heterocycles. The molecule has 2 N–H and O–H groups in total. The van der Waals surface area contributed by atoms with Crippen LogP contribution in [0.15, 0.2) is 121 Å². The summed E-state index contributed by atoms with van der Waals surface area (Å²) in [7, 11) is -3.42. The van der Waals surface area contributed by atoms with Crippen molar-refractivity contribution in [3.8, 4) is 0 Å². The molecule has 3 atom stereocenters. The van der Waals surface area contributed by atoms with Crippen LogP contribution in [0.1, 0.15) is 74.8 Å².